The summed E-state index contributed by atoms with van der Waals surface area (Å²) in [5.74, 6) is 1.35. The minimum Gasteiger partial charge on any atom is -0.497 e. The van der Waals surface area contributed by atoms with Crippen LogP contribution in [0.2, 0.25) is 5.02 Å². The number of nitrogens with one attached hydrogen (secondary N) is 2. The van der Waals surface area contributed by atoms with Crippen molar-refractivity contribution in [2.45, 2.75) is 0 Å². The van der Waals surface area contributed by atoms with E-state index in [9.17, 15) is 4.79 Å². The highest BCUT2D eigenvalue weighted by molar-refractivity contribution is 6.31. The van der Waals surface area contributed by atoms with Gasteiger partial charge < -0.3 is 20.1 Å². The lowest BCUT2D eigenvalue weighted by Crippen LogP contribution is -2.15. The van der Waals surface area contributed by atoms with Gasteiger partial charge in [0.25, 0.3) is 5.91 Å². The van der Waals surface area contributed by atoms with Crippen LogP contribution in [0, 0.1) is 0 Å². The maximum absolute atomic E-state index is 12.4. The molecule has 0 aliphatic carbocycles. The quantitative estimate of drug-likeness (QED) is 0.664. The monoisotopic (exact) mass is 384 g/mol. The van der Waals surface area contributed by atoms with Crippen molar-refractivity contribution >= 4 is 34.7 Å². The topological polar surface area (TPSA) is 85.4 Å². The van der Waals surface area contributed by atoms with Gasteiger partial charge in [0, 0.05) is 10.7 Å². The van der Waals surface area contributed by atoms with Gasteiger partial charge >= 0.3 is 0 Å². The van der Waals surface area contributed by atoms with E-state index in [0.29, 0.717) is 22.3 Å². The Morgan fingerprint density at radius 3 is 2.41 bits per heavy atom. The summed E-state index contributed by atoms with van der Waals surface area (Å²) in [5.41, 5.74) is 1.44. The summed E-state index contributed by atoms with van der Waals surface area (Å²) < 4.78 is 10.3. The second kappa shape index (κ2) is 8.37. The van der Waals surface area contributed by atoms with Gasteiger partial charge in [-0.25, -0.2) is 9.97 Å². The molecule has 3 rings (SSSR count). The number of methoxy groups -OCH3 is 2. The zero-order chi connectivity index (χ0) is 19.2. The molecule has 0 aliphatic heterocycles. The third kappa shape index (κ3) is 4.65. The molecule has 3 aromatic rings. The van der Waals surface area contributed by atoms with Crippen molar-refractivity contribution in [1.29, 1.82) is 0 Å². The van der Waals surface area contributed by atoms with E-state index in [1.165, 1.54) is 19.5 Å². The van der Waals surface area contributed by atoms with E-state index >= 15 is 0 Å². The fourth-order valence-electron chi connectivity index (χ4n) is 2.30. The number of nitrogens with zero attached hydrogens (tertiary/aromatic N) is 2. The number of benzene rings is 2. The molecule has 0 fully saturated rings. The van der Waals surface area contributed by atoms with Crippen LogP contribution in [0.1, 0.15) is 10.5 Å². The fourth-order valence-corrected chi connectivity index (χ4v) is 2.47. The highest BCUT2D eigenvalue weighted by Crippen LogP contribution is 2.28. The van der Waals surface area contributed by atoms with Gasteiger partial charge in [0.1, 0.15) is 23.0 Å². The molecule has 27 heavy (non-hydrogen) atoms. The largest absolute Gasteiger partial charge is 0.497 e. The first-order valence-electron chi connectivity index (χ1n) is 7.97. The third-order valence-corrected chi connectivity index (χ3v) is 3.89. The van der Waals surface area contributed by atoms with Crippen LogP contribution in [0.3, 0.4) is 0 Å². The molecule has 1 heterocycles. The Bertz CT molecular complexity index is 931. The predicted octanol–water partition coefficient (Wildman–Crippen LogP) is 4.14. The second-order valence-electron chi connectivity index (χ2n) is 5.44. The van der Waals surface area contributed by atoms with E-state index in [-0.39, 0.29) is 5.69 Å². The SMILES string of the molecule is COc1ccc(Nc2cnc(C(=O)Nc3cc(Cl)ccc3OC)cn2)cc1. The van der Waals surface area contributed by atoms with Gasteiger partial charge in [-0.1, -0.05) is 11.6 Å². The van der Waals surface area contributed by atoms with E-state index < -0.39 is 5.91 Å². The van der Waals surface area contributed by atoms with Crippen LogP contribution < -0.4 is 20.1 Å². The summed E-state index contributed by atoms with van der Waals surface area (Å²) in [6.45, 7) is 0. The molecular formula is C19H17ClN4O3. The van der Waals surface area contributed by atoms with E-state index in [0.717, 1.165) is 11.4 Å². The number of amides is 1. The van der Waals surface area contributed by atoms with Gasteiger partial charge in [0.05, 0.1) is 32.3 Å². The molecule has 0 aliphatic rings. The molecule has 0 radical (unpaired) electrons. The molecule has 1 aromatic heterocycles. The number of aromatic nitrogens is 2. The summed E-state index contributed by atoms with van der Waals surface area (Å²) in [7, 11) is 3.12. The normalized spacial score (nSPS) is 10.2. The lowest BCUT2D eigenvalue weighted by atomic mass is 10.2. The Morgan fingerprint density at radius 1 is 1.00 bits per heavy atom. The Hall–Kier alpha value is -3.32. The van der Waals surface area contributed by atoms with Crippen molar-refractivity contribution in [3.05, 3.63) is 65.6 Å². The number of anilines is 3. The minimum atomic E-state index is -0.418. The van der Waals surface area contributed by atoms with Crippen LogP contribution in [-0.2, 0) is 0 Å². The first-order chi connectivity index (χ1) is 13.1. The number of halogens is 1. The Morgan fingerprint density at radius 2 is 1.78 bits per heavy atom. The van der Waals surface area contributed by atoms with E-state index in [1.54, 1.807) is 25.3 Å². The molecule has 0 saturated heterocycles. The zero-order valence-electron chi connectivity index (χ0n) is 14.7. The van der Waals surface area contributed by atoms with Gasteiger partial charge in [-0.15, -0.1) is 0 Å². The van der Waals surface area contributed by atoms with Crippen molar-refractivity contribution in [3.8, 4) is 11.5 Å². The fraction of sp³-hybridized carbons (Fsp3) is 0.105. The summed E-state index contributed by atoms with van der Waals surface area (Å²) in [5, 5.41) is 6.30. The second-order valence-corrected chi connectivity index (χ2v) is 5.88. The van der Waals surface area contributed by atoms with Crippen molar-refractivity contribution < 1.29 is 14.3 Å². The number of hydrogen-bond donors (Lipinski definition) is 2. The van der Waals surface area contributed by atoms with Crippen LogP contribution in [0.4, 0.5) is 17.2 Å². The zero-order valence-corrected chi connectivity index (χ0v) is 15.4. The van der Waals surface area contributed by atoms with Crippen molar-refractivity contribution in [2.24, 2.45) is 0 Å². The number of rotatable bonds is 6. The highest BCUT2D eigenvalue weighted by Gasteiger charge is 2.12. The van der Waals surface area contributed by atoms with E-state index in [2.05, 4.69) is 20.6 Å². The van der Waals surface area contributed by atoms with Crippen molar-refractivity contribution in [1.82, 2.24) is 9.97 Å². The van der Waals surface area contributed by atoms with Gasteiger partial charge in [-0.2, -0.15) is 0 Å². The minimum absolute atomic E-state index is 0.164. The first kappa shape index (κ1) is 18.5. The van der Waals surface area contributed by atoms with Crippen LogP contribution in [-0.4, -0.2) is 30.1 Å². The maximum atomic E-state index is 12.4. The average molecular weight is 385 g/mol. The Kier molecular flexibility index (Phi) is 5.73. The third-order valence-electron chi connectivity index (χ3n) is 3.66. The maximum Gasteiger partial charge on any atom is 0.275 e. The van der Waals surface area contributed by atoms with Gasteiger partial charge in [0.2, 0.25) is 0 Å². The Labute approximate surface area is 161 Å². The van der Waals surface area contributed by atoms with Crippen LogP contribution >= 0.6 is 11.6 Å². The van der Waals surface area contributed by atoms with Gasteiger partial charge in [-0.05, 0) is 42.5 Å². The predicted molar refractivity (Wildman–Crippen MR) is 104 cm³/mol. The molecule has 138 valence electrons. The lowest BCUT2D eigenvalue weighted by Gasteiger charge is -2.10. The number of carbonyl (C=O) groups excluding carboxylic acids is 1. The molecule has 0 saturated carbocycles. The van der Waals surface area contributed by atoms with Crippen LogP contribution in [0.5, 0.6) is 11.5 Å². The van der Waals surface area contributed by atoms with E-state index in [4.69, 9.17) is 21.1 Å². The van der Waals surface area contributed by atoms with Crippen molar-refractivity contribution in [3.63, 3.8) is 0 Å². The van der Waals surface area contributed by atoms with Gasteiger partial charge in [0.15, 0.2) is 0 Å². The molecule has 0 bridgehead atoms. The average Bonchev–Trinajstić information content (AvgIpc) is 2.69. The molecule has 2 aromatic carbocycles. The summed E-state index contributed by atoms with van der Waals surface area (Å²) in [4.78, 5) is 20.8. The molecule has 0 unspecified atom stereocenters. The Balaban J connectivity index is 1.69. The first-order valence-corrected chi connectivity index (χ1v) is 8.35. The summed E-state index contributed by atoms with van der Waals surface area (Å²) >= 11 is 5.97. The molecule has 0 atom stereocenters. The summed E-state index contributed by atoms with van der Waals surface area (Å²) in [6.07, 6.45) is 2.87. The lowest BCUT2D eigenvalue weighted by molar-refractivity contribution is 0.102. The highest BCUT2D eigenvalue weighted by atomic mass is 35.5. The number of hydrogen-bond acceptors (Lipinski definition) is 6. The van der Waals surface area contributed by atoms with E-state index in [1.807, 2.05) is 24.3 Å². The molecule has 7 nitrogen and oxygen atoms in total. The van der Waals surface area contributed by atoms with Crippen molar-refractivity contribution in [2.75, 3.05) is 24.9 Å². The number of ether oxygens (including phenoxy) is 2. The number of carbonyl (C=O) groups is 1. The molecule has 0 spiro atoms. The van der Waals surface area contributed by atoms with Crippen LogP contribution in [0.25, 0.3) is 0 Å². The van der Waals surface area contributed by atoms with Gasteiger partial charge in [-0.3, -0.25) is 4.79 Å². The summed E-state index contributed by atoms with van der Waals surface area (Å²) in [6, 6.07) is 12.3. The molecule has 8 heteroatoms. The molecule has 2 N–H and O–H groups in total. The van der Waals surface area contributed by atoms with Crippen LogP contribution in [0.15, 0.2) is 54.9 Å². The molecular weight excluding hydrogens is 368 g/mol. The smallest absolute Gasteiger partial charge is 0.275 e. The molecule has 1 amide bonds. The standard InChI is InChI=1S/C19H17ClN4O3/c1-26-14-6-4-13(5-7-14)23-18-11-21-16(10-22-18)19(25)24-15-9-12(20)3-8-17(15)27-2/h3-11H,1-2H3,(H,22,23)(H,24,25).